The Morgan fingerprint density at radius 2 is 1.48 bits per heavy atom. The lowest BCUT2D eigenvalue weighted by Gasteiger charge is -2.12. The second-order valence-corrected chi connectivity index (χ2v) is 6.26. The zero-order chi connectivity index (χ0) is 18.2. The molecule has 2 aromatic rings. The van der Waals surface area contributed by atoms with Gasteiger partial charge in [-0.15, -0.1) is 0 Å². The van der Waals surface area contributed by atoms with Crippen molar-refractivity contribution in [2.75, 3.05) is 11.9 Å². The molecule has 0 fully saturated rings. The average Bonchev–Trinajstić information content (AvgIpc) is 2.61. The standard InChI is InChI=1S/C21H26N2O2/c1-4-5-6-13-22-20(24)17-11-8-12-18(14-17)21(25)23-19-15(2)9-7-10-16(19)3/h7-12,14H,4-6,13H2,1-3H3,(H,22,24)(H,23,25). The van der Waals surface area contributed by atoms with Gasteiger partial charge in [-0.25, -0.2) is 0 Å². The van der Waals surface area contributed by atoms with E-state index in [1.54, 1.807) is 24.3 Å². The van der Waals surface area contributed by atoms with E-state index >= 15 is 0 Å². The van der Waals surface area contributed by atoms with Crippen molar-refractivity contribution in [3.05, 3.63) is 64.7 Å². The SMILES string of the molecule is CCCCCNC(=O)c1cccc(C(=O)Nc2c(C)cccc2C)c1. The molecule has 0 spiro atoms. The third-order valence-corrected chi connectivity index (χ3v) is 4.17. The van der Waals surface area contributed by atoms with Crippen LogP contribution in [0.5, 0.6) is 0 Å². The molecular formula is C21H26N2O2. The van der Waals surface area contributed by atoms with Gasteiger partial charge in [0.25, 0.3) is 11.8 Å². The highest BCUT2D eigenvalue weighted by molar-refractivity contribution is 6.06. The molecule has 4 nitrogen and oxygen atoms in total. The molecule has 2 amide bonds. The number of benzene rings is 2. The molecule has 0 atom stereocenters. The molecule has 2 aromatic carbocycles. The third-order valence-electron chi connectivity index (χ3n) is 4.17. The number of nitrogens with one attached hydrogen (secondary N) is 2. The molecule has 0 radical (unpaired) electrons. The predicted octanol–water partition coefficient (Wildman–Crippen LogP) is 4.48. The summed E-state index contributed by atoms with van der Waals surface area (Å²) in [6.45, 7) is 6.71. The van der Waals surface area contributed by atoms with Crippen LogP contribution in [0.1, 0.15) is 58.0 Å². The summed E-state index contributed by atoms with van der Waals surface area (Å²) in [4.78, 5) is 24.8. The van der Waals surface area contributed by atoms with Crippen molar-refractivity contribution in [2.45, 2.75) is 40.0 Å². The van der Waals surface area contributed by atoms with Crippen LogP contribution in [0.4, 0.5) is 5.69 Å². The van der Waals surface area contributed by atoms with E-state index in [1.807, 2.05) is 32.0 Å². The lowest BCUT2D eigenvalue weighted by molar-refractivity contribution is 0.0953. The first-order valence-electron chi connectivity index (χ1n) is 8.78. The first-order valence-corrected chi connectivity index (χ1v) is 8.78. The van der Waals surface area contributed by atoms with E-state index in [-0.39, 0.29) is 11.8 Å². The zero-order valence-corrected chi connectivity index (χ0v) is 15.2. The second kappa shape index (κ2) is 9.02. The molecule has 0 bridgehead atoms. The van der Waals surface area contributed by atoms with Crippen LogP contribution in [0, 0.1) is 13.8 Å². The number of hydrogen-bond donors (Lipinski definition) is 2. The number of rotatable bonds is 7. The molecule has 0 aliphatic carbocycles. The Kier molecular flexibility index (Phi) is 6.75. The van der Waals surface area contributed by atoms with Gasteiger partial charge in [-0.1, -0.05) is 44.0 Å². The summed E-state index contributed by atoms with van der Waals surface area (Å²) in [7, 11) is 0. The van der Waals surface area contributed by atoms with Crippen molar-refractivity contribution in [1.82, 2.24) is 5.32 Å². The monoisotopic (exact) mass is 338 g/mol. The van der Waals surface area contributed by atoms with Gasteiger partial charge in [0.2, 0.25) is 0 Å². The van der Waals surface area contributed by atoms with E-state index in [9.17, 15) is 9.59 Å². The molecule has 0 saturated carbocycles. The van der Waals surface area contributed by atoms with E-state index in [1.165, 1.54) is 0 Å². The summed E-state index contributed by atoms with van der Waals surface area (Å²) in [5, 5.41) is 5.85. The number of aryl methyl sites for hydroxylation is 2. The Balaban J connectivity index is 2.07. The maximum absolute atomic E-state index is 12.5. The molecule has 2 rings (SSSR count). The fraction of sp³-hybridized carbons (Fsp3) is 0.333. The number of para-hydroxylation sites is 1. The Bertz CT molecular complexity index is 733. The number of hydrogen-bond acceptors (Lipinski definition) is 2. The lowest BCUT2D eigenvalue weighted by atomic mass is 10.1. The van der Waals surface area contributed by atoms with Crippen molar-refractivity contribution >= 4 is 17.5 Å². The Labute approximate surface area is 149 Å². The highest BCUT2D eigenvalue weighted by Gasteiger charge is 2.12. The van der Waals surface area contributed by atoms with Crippen LogP contribution in [0.2, 0.25) is 0 Å². The van der Waals surface area contributed by atoms with Gasteiger partial charge in [-0.2, -0.15) is 0 Å². The molecule has 0 saturated heterocycles. The van der Waals surface area contributed by atoms with Crippen LogP contribution < -0.4 is 10.6 Å². The fourth-order valence-electron chi connectivity index (χ4n) is 2.68. The lowest BCUT2D eigenvalue weighted by Crippen LogP contribution is -2.25. The summed E-state index contributed by atoms with van der Waals surface area (Å²) in [5.74, 6) is -0.351. The molecular weight excluding hydrogens is 312 g/mol. The highest BCUT2D eigenvalue weighted by Crippen LogP contribution is 2.20. The molecule has 0 aliphatic rings. The van der Waals surface area contributed by atoms with Crippen LogP contribution in [-0.4, -0.2) is 18.4 Å². The molecule has 2 N–H and O–H groups in total. The molecule has 4 heteroatoms. The zero-order valence-electron chi connectivity index (χ0n) is 15.2. The first-order chi connectivity index (χ1) is 12.0. The van der Waals surface area contributed by atoms with E-state index in [2.05, 4.69) is 17.6 Å². The Hall–Kier alpha value is -2.62. The van der Waals surface area contributed by atoms with Gasteiger partial charge < -0.3 is 10.6 Å². The maximum Gasteiger partial charge on any atom is 0.255 e. The Morgan fingerprint density at radius 3 is 2.12 bits per heavy atom. The Morgan fingerprint density at radius 1 is 0.880 bits per heavy atom. The van der Waals surface area contributed by atoms with Gasteiger partial charge in [-0.3, -0.25) is 9.59 Å². The average molecular weight is 338 g/mol. The van der Waals surface area contributed by atoms with Gasteiger partial charge in [0.05, 0.1) is 0 Å². The molecule has 25 heavy (non-hydrogen) atoms. The normalized spacial score (nSPS) is 10.4. The minimum atomic E-state index is -0.210. The summed E-state index contributed by atoms with van der Waals surface area (Å²) >= 11 is 0. The summed E-state index contributed by atoms with van der Waals surface area (Å²) in [6.07, 6.45) is 3.18. The van der Waals surface area contributed by atoms with Crippen molar-refractivity contribution in [3.63, 3.8) is 0 Å². The number of amides is 2. The molecule has 0 aliphatic heterocycles. The van der Waals surface area contributed by atoms with E-state index in [0.717, 1.165) is 36.1 Å². The summed E-state index contributed by atoms with van der Waals surface area (Å²) in [6, 6.07) is 12.7. The van der Waals surface area contributed by atoms with Crippen molar-refractivity contribution in [3.8, 4) is 0 Å². The topological polar surface area (TPSA) is 58.2 Å². The molecule has 0 heterocycles. The predicted molar refractivity (Wildman–Crippen MR) is 102 cm³/mol. The largest absolute Gasteiger partial charge is 0.352 e. The van der Waals surface area contributed by atoms with Crippen LogP contribution in [-0.2, 0) is 0 Å². The number of carbonyl (C=O) groups excluding carboxylic acids is 2. The second-order valence-electron chi connectivity index (χ2n) is 6.26. The van der Waals surface area contributed by atoms with Crippen LogP contribution in [0.25, 0.3) is 0 Å². The molecule has 0 unspecified atom stereocenters. The number of carbonyl (C=O) groups is 2. The molecule has 132 valence electrons. The van der Waals surface area contributed by atoms with Crippen LogP contribution >= 0.6 is 0 Å². The quantitative estimate of drug-likeness (QED) is 0.732. The van der Waals surface area contributed by atoms with E-state index in [4.69, 9.17) is 0 Å². The van der Waals surface area contributed by atoms with Gasteiger partial charge in [0, 0.05) is 23.4 Å². The minimum absolute atomic E-state index is 0.141. The van der Waals surface area contributed by atoms with Gasteiger partial charge >= 0.3 is 0 Å². The minimum Gasteiger partial charge on any atom is -0.352 e. The highest BCUT2D eigenvalue weighted by atomic mass is 16.2. The van der Waals surface area contributed by atoms with Crippen molar-refractivity contribution in [1.29, 1.82) is 0 Å². The number of anilines is 1. The van der Waals surface area contributed by atoms with Gasteiger partial charge in [0.15, 0.2) is 0 Å². The smallest absolute Gasteiger partial charge is 0.255 e. The molecule has 0 aromatic heterocycles. The van der Waals surface area contributed by atoms with Gasteiger partial charge in [-0.05, 0) is 49.6 Å². The van der Waals surface area contributed by atoms with Crippen molar-refractivity contribution in [2.24, 2.45) is 0 Å². The third kappa shape index (κ3) is 5.18. The number of unbranched alkanes of at least 4 members (excludes halogenated alkanes) is 2. The summed E-state index contributed by atoms with van der Waals surface area (Å²) < 4.78 is 0. The van der Waals surface area contributed by atoms with Crippen LogP contribution in [0.15, 0.2) is 42.5 Å². The van der Waals surface area contributed by atoms with E-state index in [0.29, 0.717) is 17.7 Å². The summed E-state index contributed by atoms with van der Waals surface area (Å²) in [5.41, 5.74) is 3.83. The van der Waals surface area contributed by atoms with E-state index < -0.39 is 0 Å². The van der Waals surface area contributed by atoms with Crippen LogP contribution in [0.3, 0.4) is 0 Å². The van der Waals surface area contributed by atoms with Gasteiger partial charge in [0.1, 0.15) is 0 Å². The maximum atomic E-state index is 12.5. The first kappa shape index (κ1) is 18.7. The van der Waals surface area contributed by atoms with Crippen molar-refractivity contribution < 1.29 is 9.59 Å². The fourth-order valence-corrected chi connectivity index (χ4v) is 2.68.